The van der Waals surface area contributed by atoms with Gasteiger partial charge in [-0.15, -0.1) is 0 Å². The minimum Gasteiger partial charge on any atom is -0.351 e. The molecular weight excluding hydrogens is 370 g/mol. The molecule has 1 saturated carbocycles. The van der Waals surface area contributed by atoms with Crippen LogP contribution in [0.5, 0.6) is 0 Å². The van der Waals surface area contributed by atoms with Crippen molar-refractivity contribution in [2.75, 3.05) is 6.54 Å². The molecule has 1 fully saturated rings. The quantitative estimate of drug-likeness (QED) is 0.782. The third kappa shape index (κ3) is 4.00. The summed E-state index contributed by atoms with van der Waals surface area (Å²) in [5.41, 5.74) is 2.62. The highest BCUT2D eigenvalue weighted by Gasteiger charge is 2.36. The number of nitrogens with one attached hydrogen (secondary N) is 1. The highest BCUT2D eigenvalue weighted by molar-refractivity contribution is 7.92. The molecule has 0 aliphatic heterocycles. The van der Waals surface area contributed by atoms with Gasteiger partial charge in [-0.3, -0.25) is 4.79 Å². The lowest BCUT2D eigenvalue weighted by molar-refractivity contribution is 0.0940. The lowest BCUT2D eigenvalue weighted by Gasteiger charge is -2.30. The van der Waals surface area contributed by atoms with Crippen molar-refractivity contribution in [1.29, 1.82) is 0 Å². The molecule has 3 rings (SSSR count). The molecule has 4 nitrogen and oxygen atoms in total. The van der Waals surface area contributed by atoms with E-state index in [-0.39, 0.29) is 21.8 Å². The first-order valence-corrected chi connectivity index (χ1v) is 11.5. The highest BCUT2D eigenvalue weighted by Crippen LogP contribution is 2.41. The molecule has 2 aromatic carbocycles. The summed E-state index contributed by atoms with van der Waals surface area (Å²) in [5, 5.41) is 2.47. The molecule has 0 aromatic heterocycles. The number of carbonyl (C=O) groups excluding carboxylic acids is 1. The van der Waals surface area contributed by atoms with Crippen molar-refractivity contribution in [2.24, 2.45) is 0 Å². The van der Waals surface area contributed by atoms with Gasteiger partial charge >= 0.3 is 0 Å². The maximum atomic E-state index is 13.0. The Morgan fingerprint density at radius 3 is 2.39 bits per heavy atom. The zero-order chi connectivity index (χ0) is 20.4. The fraction of sp³-hybridized carbons (Fsp3) is 0.435. The van der Waals surface area contributed by atoms with Gasteiger partial charge in [0.1, 0.15) is 0 Å². The van der Waals surface area contributed by atoms with Gasteiger partial charge in [0.25, 0.3) is 5.91 Å². The van der Waals surface area contributed by atoms with Gasteiger partial charge in [-0.25, -0.2) is 8.42 Å². The zero-order valence-corrected chi connectivity index (χ0v) is 17.7. The number of benzene rings is 2. The van der Waals surface area contributed by atoms with Crippen molar-refractivity contribution in [2.45, 2.75) is 62.0 Å². The molecule has 0 spiro atoms. The Morgan fingerprint density at radius 2 is 1.75 bits per heavy atom. The first-order valence-electron chi connectivity index (χ1n) is 9.94. The Labute approximate surface area is 168 Å². The summed E-state index contributed by atoms with van der Waals surface area (Å²) in [7, 11) is -3.52. The van der Waals surface area contributed by atoms with Crippen LogP contribution < -0.4 is 5.32 Å². The average molecular weight is 400 g/mol. The largest absolute Gasteiger partial charge is 0.351 e. The molecule has 1 N–H and O–H groups in total. The van der Waals surface area contributed by atoms with E-state index in [0.717, 1.165) is 25.7 Å². The molecule has 0 heterocycles. The molecule has 150 valence electrons. The average Bonchev–Trinajstić information content (AvgIpc) is 3.16. The fourth-order valence-electron chi connectivity index (χ4n) is 4.10. The molecule has 0 atom stereocenters. The maximum Gasteiger partial charge on any atom is 0.252 e. The number of hydrogen-bond donors (Lipinski definition) is 1. The highest BCUT2D eigenvalue weighted by atomic mass is 32.2. The predicted octanol–water partition coefficient (Wildman–Crippen LogP) is 4.42. The van der Waals surface area contributed by atoms with E-state index in [1.54, 1.807) is 32.0 Å². The summed E-state index contributed by atoms with van der Waals surface area (Å²) in [6.45, 7) is 5.87. The van der Waals surface area contributed by atoms with E-state index in [9.17, 15) is 13.2 Å². The van der Waals surface area contributed by atoms with E-state index in [0.29, 0.717) is 6.54 Å². The monoisotopic (exact) mass is 399 g/mol. The molecule has 0 unspecified atom stereocenters. The van der Waals surface area contributed by atoms with E-state index in [1.165, 1.54) is 17.2 Å². The molecule has 0 radical (unpaired) electrons. The molecule has 0 bridgehead atoms. The SMILES string of the molecule is Cc1cccc(C2(CNC(=O)c3ccccc3S(=O)(=O)C(C)C)CCCC2)c1. The summed E-state index contributed by atoms with van der Waals surface area (Å²) in [6.07, 6.45) is 4.34. The van der Waals surface area contributed by atoms with Crippen LogP contribution in [-0.2, 0) is 15.3 Å². The second-order valence-corrected chi connectivity index (χ2v) is 10.6. The lowest BCUT2D eigenvalue weighted by Crippen LogP contribution is -2.39. The topological polar surface area (TPSA) is 63.2 Å². The first kappa shape index (κ1) is 20.6. The second kappa shape index (κ2) is 8.08. The Bertz CT molecular complexity index is 957. The molecule has 1 aliphatic carbocycles. The van der Waals surface area contributed by atoms with Crippen LogP contribution in [0, 0.1) is 6.92 Å². The minimum absolute atomic E-state index is 0.0758. The normalized spacial score (nSPS) is 16.3. The Kier molecular flexibility index (Phi) is 5.94. The van der Waals surface area contributed by atoms with E-state index in [2.05, 4.69) is 36.5 Å². The van der Waals surface area contributed by atoms with E-state index < -0.39 is 15.1 Å². The summed E-state index contributed by atoms with van der Waals surface area (Å²) >= 11 is 0. The van der Waals surface area contributed by atoms with Crippen molar-refractivity contribution < 1.29 is 13.2 Å². The van der Waals surface area contributed by atoms with Crippen molar-refractivity contribution in [3.8, 4) is 0 Å². The Morgan fingerprint density at radius 1 is 1.07 bits per heavy atom. The Hall–Kier alpha value is -2.14. The van der Waals surface area contributed by atoms with Crippen LogP contribution >= 0.6 is 0 Å². The summed E-state index contributed by atoms with van der Waals surface area (Å²) in [5.74, 6) is -0.321. The second-order valence-electron chi connectivity index (χ2n) is 8.13. The number of carbonyl (C=O) groups is 1. The molecular formula is C23H29NO3S. The molecule has 5 heteroatoms. The minimum atomic E-state index is -3.52. The van der Waals surface area contributed by atoms with Crippen molar-refractivity contribution in [3.05, 3.63) is 65.2 Å². The number of amides is 1. The van der Waals surface area contributed by atoms with Gasteiger partial charge in [-0.2, -0.15) is 0 Å². The molecule has 2 aromatic rings. The smallest absolute Gasteiger partial charge is 0.252 e. The van der Waals surface area contributed by atoms with E-state index >= 15 is 0 Å². The number of sulfone groups is 1. The lowest BCUT2D eigenvalue weighted by atomic mass is 9.78. The van der Waals surface area contributed by atoms with Crippen molar-refractivity contribution in [1.82, 2.24) is 5.32 Å². The summed E-state index contributed by atoms with van der Waals surface area (Å²) in [4.78, 5) is 13.1. The standard InChI is InChI=1S/C23H29NO3S/c1-17(2)28(26,27)21-12-5-4-11-20(21)22(25)24-16-23(13-6-7-14-23)19-10-8-9-18(3)15-19/h4-5,8-12,15,17H,6-7,13-14,16H2,1-3H3,(H,24,25). The van der Waals surface area contributed by atoms with Crippen LogP contribution in [0.1, 0.15) is 61.0 Å². The van der Waals surface area contributed by atoms with Gasteiger partial charge in [0, 0.05) is 12.0 Å². The molecule has 1 aliphatic rings. The van der Waals surface area contributed by atoms with Crippen molar-refractivity contribution >= 4 is 15.7 Å². The zero-order valence-electron chi connectivity index (χ0n) is 16.9. The number of hydrogen-bond acceptors (Lipinski definition) is 3. The Balaban J connectivity index is 1.86. The maximum absolute atomic E-state index is 13.0. The predicted molar refractivity (Wildman–Crippen MR) is 112 cm³/mol. The van der Waals surface area contributed by atoms with Gasteiger partial charge in [0.15, 0.2) is 9.84 Å². The van der Waals surface area contributed by atoms with Crippen LogP contribution in [0.2, 0.25) is 0 Å². The summed E-state index contributed by atoms with van der Waals surface area (Å²) in [6, 6.07) is 15.0. The van der Waals surface area contributed by atoms with Gasteiger partial charge in [-0.05, 0) is 51.3 Å². The van der Waals surface area contributed by atoms with Gasteiger partial charge in [0.05, 0.1) is 15.7 Å². The van der Waals surface area contributed by atoms with Crippen LogP contribution in [0.4, 0.5) is 0 Å². The van der Waals surface area contributed by atoms with Gasteiger partial charge in [-0.1, -0.05) is 54.8 Å². The fourth-order valence-corrected chi connectivity index (χ4v) is 5.34. The van der Waals surface area contributed by atoms with E-state index in [4.69, 9.17) is 0 Å². The van der Waals surface area contributed by atoms with E-state index in [1.807, 2.05) is 0 Å². The van der Waals surface area contributed by atoms with Gasteiger partial charge < -0.3 is 5.32 Å². The third-order valence-electron chi connectivity index (χ3n) is 5.84. The molecule has 28 heavy (non-hydrogen) atoms. The van der Waals surface area contributed by atoms with Crippen molar-refractivity contribution in [3.63, 3.8) is 0 Å². The van der Waals surface area contributed by atoms with Crippen LogP contribution in [-0.4, -0.2) is 26.1 Å². The molecule has 0 saturated heterocycles. The van der Waals surface area contributed by atoms with Gasteiger partial charge in [0.2, 0.25) is 0 Å². The van der Waals surface area contributed by atoms with Crippen LogP contribution in [0.3, 0.4) is 0 Å². The van der Waals surface area contributed by atoms with Crippen LogP contribution in [0.25, 0.3) is 0 Å². The third-order valence-corrected chi connectivity index (χ3v) is 8.05. The number of aryl methyl sites for hydroxylation is 1. The van der Waals surface area contributed by atoms with Crippen LogP contribution in [0.15, 0.2) is 53.4 Å². The molecule has 1 amide bonds. The number of rotatable bonds is 6. The summed E-state index contributed by atoms with van der Waals surface area (Å²) < 4.78 is 25.3. The first-order chi connectivity index (χ1) is 13.3.